The van der Waals surface area contributed by atoms with Gasteiger partial charge in [0.25, 0.3) is 5.56 Å². The number of hydrogen-bond acceptors (Lipinski definition) is 6. The Bertz CT molecular complexity index is 1320. The van der Waals surface area contributed by atoms with E-state index >= 15 is 0 Å². The normalized spacial score (nSPS) is 11.3. The van der Waals surface area contributed by atoms with E-state index in [4.69, 9.17) is 10.2 Å². The molecule has 0 fully saturated rings. The number of aryl methyl sites for hydroxylation is 3. The van der Waals surface area contributed by atoms with Gasteiger partial charge in [-0.3, -0.25) is 19.1 Å². The zero-order chi connectivity index (χ0) is 26.4. The number of nitrogens with two attached hydrogens (primary N) is 1. The minimum absolute atomic E-state index is 0.0162. The molecule has 1 amide bonds. The summed E-state index contributed by atoms with van der Waals surface area (Å²) in [6, 6.07) is 6.06. The zero-order valence-corrected chi connectivity index (χ0v) is 21.9. The van der Waals surface area contributed by atoms with E-state index in [1.54, 1.807) is 6.20 Å². The molecule has 0 aliphatic heterocycles. The number of H-pyrrole nitrogens is 1. The van der Waals surface area contributed by atoms with Crippen molar-refractivity contribution in [2.24, 2.45) is 5.92 Å². The number of nitrogen functional groups attached to an aromatic ring is 1. The van der Waals surface area contributed by atoms with Crippen LogP contribution >= 0.6 is 0 Å². The lowest BCUT2D eigenvalue weighted by atomic mass is 10.1. The van der Waals surface area contributed by atoms with Gasteiger partial charge in [-0.15, -0.1) is 0 Å². The summed E-state index contributed by atoms with van der Waals surface area (Å²) in [5, 5.41) is 0. The molecule has 3 rings (SSSR count). The zero-order valence-electron chi connectivity index (χ0n) is 21.9. The molecular formula is C27H37N5O4. The molecule has 0 spiro atoms. The number of amides is 1. The summed E-state index contributed by atoms with van der Waals surface area (Å²) in [7, 11) is 0. The molecule has 0 atom stereocenters. The molecule has 0 saturated carbocycles. The number of benzene rings is 1. The monoisotopic (exact) mass is 495 g/mol. The van der Waals surface area contributed by atoms with Crippen LogP contribution < -0.4 is 21.9 Å². The van der Waals surface area contributed by atoms with Gasteiger partial charge in [0, 0.05) is 31.5 Å². The predicted octanol–water partition coefficient (Wildman–Crippen LogP) is 4.20. The minimum Gasteiger partial charge on any atom is -0.441 e. The SMILES string of the molecule is CCCCn1c(N)c(N(CCC(C)C)C(=O)CCc2ncc(-c3ccc(C)c(C)c3)o2)c(=O)[nH]c1=O. The maximum absolute atomic E-state index is 13.4. The van der Waals surface area contributed by atoms with Crippen LogP contribution in [0.2, 0.25) is 0 Å². The third kappa shape index (κ3) is 6.33. The number of rotatable bonds is 11. The molecule has 36 heavy (non-hydrogen) atoms. The van der Waals surface area contributed by atoms with Crippen LogP contribution in [0.5, 0.6) is 0 Å². The number of anilines is 2. The molecule has 9 heteroatoms. The van der Waals surface area contributed by atoms with Crippen molar-refractivity contribution in [3.8, 4) is 11.3 Å². The van der Waals surface area contributed by atoms with Crippen LogP contribution in [0.15, 0.2) is 38.4 Å². The Kier molecular flexibility index (Phi) is 8.90. The molecular weight excluding hydrogens is 458 g/mol. The van der Waals surface area contributed by atoms with Gasteiger partial charge in [-0.2, -0.15) is 0 Å². The number of oxazole rings is 1. The van der Waals surface area contributed by atoms with Crippen LogP contribution in [0, 0.1) is 19.8 Å². The van der Waals surface area contributed by atoms with E-state index in [1.165, 1.54) is 15.0 Å². The Labute approximate surface area is 211 Å². The van der Waals surface area contributed by atoms with Crippen LogP contribution in [-0.2, 0) is 17.8 Å². The van der Waals surface area contributed by atoms with E-state index in [0.29, 0.717) is 37.1 Å². The molecule has 0 aliphatic rings. The van der Waals surface area contributed by atoms with Gasteiger partial charge >= 0.3 is 5.69 Å². The van der Waals surface area contributed by atoms with Crippen LogP contribution in [0.4, 0.5) is 11.5 Å². The molecule has 0 bridgehead atoms. The number of aromatic nitrogens is 3. The number of unbranched alkanes of at least 4 members (excludes halogenated alkanes) is 1. The molecule has 2 aromatic heterocycles. The fourth-order valence-corrected chi connectivity index (χ4v) is 3.93. The third-order valence-electron chi connectivity index (χ3n) is 6.35. The highest BCUT2D eigenvalue weighted by Crippen LogP contribution is 2.24. The van der Waals surface area contributed by atoms with E-state index < -0.39 is 11.2 Å². The lowest BCUT2D eigenvalue weighted by Gasteiger charge is -2.25. The van der Waals surface area contributed by atoms with Gasteiger partial charge in [0.2, 0.25) is 5.91 Å². The second-order valence-corrected chi connectivity index (χ2v) is 9.64. The van der Waals surface area contributed by atoms with Crippen molar-refractivity contribution in [2.45, 2.75) is 73.3 Å². The molecule has 0 unspecified atom stereocenters. The topological polar surface area (TPSA) is 127 Å². The van der Waals surface area contributed by atoms with Crippen molar-refractivity contribution in [3.63, 3.8) is 0 Å². The summed E-state index contributed by atoms with van der Waals surface area (Å²) < 4.78 is 7.24. The van der Waals surface area contributed by atoms with Crippen molar-refractivity contribution in [2.75, 3.05) is 17.2 Å². The van der Waals surface area contributed by atoms with E-state index in [1.807, 2.05) is 45.9 Å². The maximum Gasteiger partial charge on any atom is 0.330 e. The Morgan fingerprint density at radius 3 is 2.64 bits per heavy atom. The summed E-state index contributed by atoms with van der Waals surface area (Å²) in [5.41, 5.74) is 8.37. The third-order valence-corrected chi connectivity index (χ3v) is 6.35. The molecule has 0 saturated heterocycles. The lowest BCUT2D eigenvalue weighted by molar-refractivity contribution is -0.118. The fraction of sp³-hybridized carbons (Fsp3) is 0.481. The number of aromatic amines is 1. The van der Waals surface area contributed by atoms with Crippen molar-refractivity contribution >= 4 is 17.4 Å². The lowest BCUT2D eigenvalue weighted by Crippen LogP contribution is -2.42. The first-order valence-electron chi connectivity index (χ1n) is 12.6. The molecule has 3 aromatic rings. The first kappa shape index (κ1) is 27.0. The molecule has 0 radical (unpaired) electrons. The second kappa shape index (κ2) is 11.9. The van der Waals surface area contributed by atoms with Gasteiger partial charge in [0.05, 0.1) is 6.20 Å². The molecule has 3 N–H and O–H groups in total. The first-order chi connectivity index (χ1) is 17.1. The summed E-state index contributed by atoms with van der Waals surface area (Å²) in [6.45, 7) is 10.9. The molecule has 0 aliphatic carbocycles. The van der Waals surface area contributed by atoms with Crippen molar-refractivity contribution < 1.29 is 9.21 Å². The summed E-state index contributed by atoms with van der Waals surface area (Å²) in [5.74, 6) is 1.12. The number of carbonyl (C=O) groups excluding carboxylic acids is 1. The number of nitrogens with one attached hydrogen (secondary N) is 1. The number of nitrogens with zero attached hydrogens (tertiary/aromatic N) is 3. The van der Waals surface area contributed by atoms with E-state index in [2.05, 4.69) is 16.9 Å². The molecule has 2 heterocycles. The van der Waals surface area contributed by atoms with Crippen LogP contribution in [0.25, 0.3) is 11.3 Å². The average Bonchev–Trinajstić information content (AvgIpc) is 3.30. The molecule has 9 nitrogen and oxygen atoms in total. The first-order valence-corrected chi connectivity index (χ1v) is 12.6. The number of carbonyl (C=O) groups is 1. The minimum atomic E-state index is -0.657. The summed E-state index contributed by atoms with van der Waals surface area (Å²) in [4.78, 5) is 46.6. The fourth-order valence-electron chi connectivity index (χ4n) is 3.93. The second-order valence-electron chi connectivity index (χ2n) is 9.64. The van der Waals surface area contributed by atoms with E-state index in [-0.39, 0.29) is 30.3 Å². The predicted molar refractivity (Wildman–Crippen MR) is 142 cm³/mol. The standard InChI is InChI=1S/C27H37N5O4/c1-6-7-13-32-25(28)24(26(34)30-27(32)35)31(14-12-17(2)3)23(33)11-10-22-29-16-21(36-22)20-9-8-18(4)19(5)15-20/h8-9,15-17H,6-7,10-14,28H2,1-5H3,(H,30,34,35). The van der Waals surface area contributed by atoms with Gasteiger partial charge in [0.15, 0.2) is 17.3 Å². The smallest absolute Gasteiger partial charge is 0.330 e. The van der Waals surface area contributed by atoms with Crippen LogP contribution in [-0.4, -0.2) is 27.0 Å². The van der Waals surface area contributed by atoms with E-state index in [9.17, 15) is 14.4 Å². The van der Waals surface area contributed by atoms with Crippen molar-refractivity contribution in [1.82, 2.24) is 14.5 Å². The van der Waals surface area contributed by atoms with Gasteiger partial charge in [-0.25, -0.2) is 9.78 Å². The van der Waals surface area contributed by atoms with Gasteiger partial charge in [-0.05, 0) is 49.8 Å². The number of hydrogen-bond donors (Lipinski definition) is 2. The maximum atomic E-state index is 13.4. The molecule has 194 valence electrons. The highest BCUT2D eigenvalue weighted by Gasteiger charge is 2.24. The van der Waals surface area contributed by atoms with E-state index in [0.717, 1.165) is 24.0 Å². The highest BCUT2D eigenvalue weighted by atomic mass is 16.4. The van der Waals surface area contributed by atoms with Crippen molar-refractivity contribution in [3.05, 3.63) is 62.3 Å². The van der Waals surface area contributed by atoms with Gasteiger partial charge in [-0.1, -0.05) is 39.3 Å². The Morgan fingerprint density at radius 2 is 1.97 bits per heavy atom. The Morgan fingerprint density at radius 1 is 1.22 bits per heavy atom. The Hall–Kier alpha value is -3.62. The van der Waals surface area contributed by atoms with Crippen LogP contribution in [0.1, 0.15) is 63.5 Å². The van der Waals surface area contributed by atoms with Gasteiger partial charge < -0.3 is 15.1 Å². The van der Waals surface area contributed by atoms with Crippen molar-refractivity contribution in [1.29, 1.82) is 0 Å². The summed E-state index contributed by atoms with van der Waals surface area (Å²) >= 11 is 0. The highest BCUT2D eigenvalue weighted by molar-refractivity contribution is 5.95. The Balaban J connectivity index is 1.84. The van der Waals surface area contributed by atoms with Crippen LogP contribution in [0.3, 0.4) is 0 Å². The van der Waals surface area contributed by atoms with Gasteiger partial charge in [0.1, 0.15) is 5.82 Å². The average molecular weight is 496 g/mol. The molecule has 1 aromatic carbocycles. The summed E-state index contributed by atoms with van der Waals surface area (Å²) in [6.07, 6.45) is 4.27. The largest absolute Gasteiger partial charge is 0.441 e. The quantitative estimate of drug-likeness (QED) is 0.410.